The molecule has 2 aromatic heterocycles. The Labute approximate surface area is 185 Å². The van der Waals surface area contributed by atoms with Crippen LogP contribution in [-0.4, -0.2) is 62.7 Å². The summed E-state index contributed by atoms with van der Waals surface area (Å²) in [4.78, 5) is 41.8. The van der Waals surface area contributed by atoms with Gasteiger partial charge in [-0.3, -0.25) is 9.59 Å². The van der Waals surface area contributed by atoms with Crippen LogP contribution < -0.4 is 0 Å². The van der Waals surface area contributed by atoms with Gasteiger partial charge in [-0.05, 0) is 49.6 Å². The van der Waals surface area contributed by atoms with Crippen molar-refractivity contribution < 1.29 is 9.59 Å². The highest BCUT2D eigenvalue weighted by atomic mass is 35.5. The normalized spacial score (nSPS) is 19.8. The number of H-pyrrole nitrogens is 1. The SMILES string of the molecule is O=C(c1cccc(Cl)c1)N1CCC(C(=O)N2CCC(c3nc4ncccc4[nH]3)CC2)C1. The molecule has 0 aliphatic carbocycles. The van der Waals surface area contributed by atoms with Crippen LogP contribution in [0.25, 0.3) is 11.2 Å². The number of nitrogens with zero attached hydrogens (tertiary/aromatic N) is 4. The second-order valence-corrected chi connectivity index (χ2v) is 8.78. The van der Waals surface area contributed by atoms with Gasteiger partial charge in [0.25, 0.3) is 5.91 Å². The summed E-state index contributed by atoms with van der Waals surface area (Å²) in [5.74, 6) is 1.24. The lowest BCUT2D eigenvalue weighted by atomic mass is 9.95. The summed E-state index contributed by atoms with van der Waals surface area (Å²) >= 11 is 6.01. The van der Waals surface area contributed by atoms with Crippen molar-refractivity contribution in [1.29, 1.82) is 0 Å². The predicted molar refractivity (Wildman–Crippen MR) is 118 cm³/mol. The van der Waals surface area contributed by atoms with Gasteiger partial charge in [0, 0.05) is 48.9 Å². The summed E-state index contributed by atoms with van der Waals surface area (Å²) in [7, 11) is 0. The topological polar surface area (TPSA) is 82.2 Å². The van der Waals surface area contributed by atoms with E-state index in [2.05, 4.69) is 15.0 Å². The number of piperidine rings is 1. The fraction of sp³-hybridized carbons (Fsp3) is 0.391. The van der Waals surface area contributed by atoms with E-state index in [4.69, 9.17) is 11.6 Å². The summed E-state index contributed by atoms with van der Waals surface area (Å²) < 4.78 is 0. The number of imidazole rings is 1. The molecule has 2 saturated heterocycles. The molecule has 0 bridgehead atoms. The van der Waals surface area contributed by atoms with Crippen LogP contribution in [0, 0.1) is 5.92 Å². The number of carbonyl (C=O) groups excluding carboxylic acids is 2. The summed E-state index contributed by atoms with van der Waals surface area (Å²) in [6.07, 6.45) is 4.21. The van der Waals surface area contributed by atoms with E-state index < -0.39 is 0 Å². The standard InChI is InChI=1S/C23H24ClN5O2/c24-18-4-1-3-16(13-18)22(30)29-12-8-17(14-29)23(31)28-10-6-15(7-11-28)20-26-19-5-2-9-25-21(19)27-20/h1-5,9,13,15,17H,6-8,10-12,14H2,(H,25,26,27). The molecule has 2 amide bonds. The largest absolute Gasteiger partial charge is 0.342 e. The van der Waals surface area contributed by atoms with Crippen LogP contribution in [0.1, 0.15) is 41.4 Å². The molecule has 0 radical (unpaired) electrons. The fourth-order valence-corrected chi connectivity index (χ4v) is 4.83. The molecular weight excluding hydrogens is 414 g/mol. The molecule has 1 aromatic carbocycles. The van der Waals surface area contributed by atoms with E-state index in [1.165, 1.54) is 0 Å². The van der Waals surface area contributed by atoms with Gasteiger partial charge in [-0.15, -0.1) is 0 Å². The smallest absolute Gasteiger partial charge is 0.253 e. The van der Waals surface area contributed by atoms with Crippen LogP contribution >= 0.6 is 11.6 Å². The quantitative estimate of drug-likeness (QED) is 0.680. The summed E-state index contributed by atoms with van der Waals surface area (Å²) in [6, 6.07) is 10.8. The number of pyridine rings is 1. The average molecular weight is 438 g/mol. The Balaban J connectivity index is 1.17. The van der Waals surface area contributed by atoms with Crippen molar-refractivity contribution in [1.82, 2.24) is 24.8 Å². The van der Waals surface area contributed by atoms with Gasteiger partial charge in [0.1, 0.15) is 5.82 Å². The van der Waals surface area contributed by atoms with Crippen molar-refractivity contribution in [2.45, 2.75) is 25.2 Å². The van der Waals surface area contributed by atoms with E-state index >= 15 is 0 Å². The Kier molecular flexibility index (Phi) is 5.36. The average Bonchev–Trinajstić information content (AvgIpc) is 3.46. The number of hydrogen-bond acceptors (Lipinski definition) is 4. The van der Waals surface area contributed by atoms with E-state index in [1.807, 2.05) is 17.0 Å². The first-order chi connectivity index (χ1) is 15.1. The summed E-state index contributed by atoms with van der Waals surface area (Å²) in [6.45, 7) is 2.50. The van der Waals surface area contributed by atoms with Crippen molar-refractivity contribution in [3.8, 4) is 0 Å². The number of aromatic amines is 1. The van der Waals surface area contributed by atoms with Gasteiger partial charge in [-0.1, -0.05) is 17.7 Å². The number of likely N-dealkylation sites (tertiary alicyclic amines) is 2. The van der Waals surface area contributed by atoms with Crippen LogP contribution in [-0.2, 0) is 4.79 Å². The number of rotatable bonds is 3. The van der Waals surface area contributed by atoms with Crippen LogP contribution in [0.3, 0.4) is 0 Å². The third kappa shape index (κ3) is 4.02. The number of nitrogens with one attached hydrogen (secondary N) is 1. The van der Waals surface area contributed by atoms with Crippen molar-refractivity contribution in [3.05, 3.63) is 59.0 Å². The molecule has 31 heavy (non-hydrogen) atoms. The fourth-order valence-electron chi connectivity index (χ4n) is 4.64. The van der Waals surface area contributed by atoms with Gasteiger partial charge in [0.15, 0.2) is 5.65 Å². The number of halogens is 1. The van der Waals surface area contributed by atoms with Gasteiger partial charge in [0.2, 0.25) is 5.91 Å². The van der Waals surface area contributed by atoms with Crippen LogP contribution in [0.2, 0.25) is 5.02 Å². The molecule has 3 aromatic rings. The maximum atomic E-state index is 13.1. The van der Waals surface area contributed by atoms with Crippen molar-refractivity contribution in [2.75, 3.05) is 26.2 Å². The minimum Gasteiger partial charge on any atom is -0.342 e. The molecule has 1 N–H and O–H groups in total. The Morgan fingerprint density at radius 2 is 1.84 bits per heavy atom. The first-order valence-corrected chi connectivity index (χ1v) is 11.1. The van der Waals surface area contributed by atoms with Gasteiger partial charge in [-0.25, -0.2) is 9.97 Å². The molecule has 0 saturated carbocycles. The minimum atomic E-state index is -0.130. The third-order valence-corrected chi connectivity index (χ3v) is 6.60. The molecule has 0 spiro atoms. The zero-order chi connectivity index (χ0) is 21.4. The molecule has 2 aliphatic rings. The molecule has 5 rings (SSSR count). The van der Waals surface area contributed by atoms with Crippen LogP contribution in [0.4, 0.5) is 0 Å². The summed E-state index contributed by atoms with van der Waals surface area (Å²) in [5, 5.41) is 0.542. The monoisotopic (exact) mass is 437 g/mol. The second-order valence-electron chi connectivity index (χ2n) is 8.34. The highest BCUT2D eigenvalue weighted by Crippen LogP contribution is 2.29. The molecule has 7 nitrogen and oxygen atoms in total. The zero-order valence-electron chi connectivity index (χ0n) is 17.1. The molecule has 2 fully saturated rings. The molecule has 2 aliphatic heterocycles. The Bertz CT molecular complexity index is 1090. The van der Waals surface area contributed by atoms with Crippen LogP contribution in [0.15, 0.2) is 42.6 Å². The molecule has 4 heterocycles. The number of carbonyl (C=O) groups is 2. The summed E-state index contributed by atoms with van der Waals surface area (Å²) in [5.41, 5.74) is 2.26. The van der Waals surface area contributed by atoms with E-state index in [9.17, 15) is 9.59 Å². The van der Waals surface area contributed by atoms with E-state index in [0.717, 1.165) is 29.8 Å². The van der Waals surface area contributed by atoms with E-state index in [1.54, 1.807) is 35.4 Å². The highest BCUT2D eigenvalue weighted by Gasteiger charge is 2.35. The molecule has 1 unspecified atom stereocenters. The van der Waals surface area contributed by atoms with Crippen LogP contribution in [0.5, 0.6) is 0 Å². The lowest BCUT2D eigenvalue weighted by Gasteiger charge is -2.32. The van der Waals surface area contributed by atoms with E-state index in [0.29, 0.717) is 49.1 Å². The maximum absolute atomic E-state index is 13.1. The van der Waals surface area contributed by atoms with Gasteiger partial charge in [-0.2, -0.15) is 0 Å². The Morgan fingerprint density at radius 1 is 1.03 bits per heavy atom. The van der Waals surface area contributed by atoms with Gasteiger partial charge < -0.3 is 14.8 Å². The van der Waals surface area contributed by atoms with Crippen molar-refractivity contribution >= 4 is 34.6 Å². The number of aromatic nitrogens is 3. The predicted octanol–water partition coefficient (Wildman–Crippen LogP) is 3.48. The molecule has 1 atom stereocenters. The number of hydrogen-bond donors (Lipinski definition) is 1. The first-order valence-electron chi connectivity index (χ1n) is 10.7. The zero-order valence-corrected chi connectivity index (χ0v) is 17.9. The Morgan fingerprint density at radius 3 is 2.61 bits per heavy atom. The van der Waals surface area contributed by atoms with E-state index in [-0.39, 0.29) is 17.7 Å². The van der Waals surface area contributed by atoms with Crippen molar-refractivity contribution in [3.63, 3.8) is 0 Å². The number of benzene rings is 1. The number of fused-ring (bicyclic) bond motifs is 1. The molecular formula is C23H24ClN5O2. The van der Waals surface area contributed by atoms with Gasteiger partial charge in [0.05, 0.1) is 11.4 Å². The lowest BCUT2D eigenvalue weighted by molar-refractivity contribution is -0.136. The lowest BCUT2D eigenvalue weighted by Crippen LogP contribution is -2.42. The Hall–Kier alpha value is -2.93. The minimum absolute atomic E-state index is 0.0602. The molecule has 8 heteroatoms. The maximum Gasteiger partial charge on any atom is 0.253 e. The molecule has 160 valence electrons. The van der Waals surface area contributed by atoms with Gasteiger partial charge >= 0.3 is 0 Å². The third-order valence-electron chi connectivity index (χ3n) is 6.37. The number of amides is 2. The first kappa shape index (κ1) is 20.0. The second kappa shape index (κ2) is 8.30. The van der Waals surface area contributed by atoms with Crippen molar-refractivity contribution in [2.24, 2.45) is 5.92 Å². The highest BCUT2D eigenvalue weighted by molar-refractivity contribution is 6.30.